The minimum Gasteiger partial charge on any atom is -0.356 e. The lowest BCUT2D eigenvalue weighted by molar-refractivity contribution is 0.250. The van der Waals surface area contributed by atoms with Gasteiger partial charge >= 0.3 is 6.03 Å². The monoisotopic (exact) mass is 287 g/mol. The summed E-state index contributed by atoms with van der Waals surface area (Å²) < 4.78 is 12.8. The van der Waals surface area contributed by atoms with Crippen LogP contribution in [0.4, 0.5) is 26.2 Å². The van der Waals surface area contributed by atoms with Gasteiger partial charge in [-0.05, 0) is 62.4 Å². The number of hydrogen-bond donors (Lipinski definition) is 3. The van der Waals surface area contributed by atoms with Crippen LogP contribution in [0.1, 0.15) is 13.8 Å². The number of nitrogens with one attached hydrogen (secondary N) is 3. The molecule has 4 nitrogen and oxygen atoms in total. The fraction of sp³-hybridized carbons (Fsp3) is 0.188. The summed E-state index contributed by atoms with van der Waals surface area (Å²) in [7, 11) is 0. The van der Waals surface area contributed by atoms with Crippen LogP contribution in [-0.4, -0.2) is 12.1 Å². The minimum atomic E-state index is -0.267. The third kappa shape index (κ3) is 4.80. The van der Waals surface area contributed by atoms with E-state index >= 15 is 0 Å². The van der Waals surface area contributed by atoms with E-state index in [0.717, 1.165) is 11.4 Å². The van der Waals surface area contributed by atoms with Crippen LogP contribution in [0.2, 0.25) is 0 Å². The molecule has 0 unspecified atom stereocenters. The highest BCUT2D eigenvalue weighted by molar-refractivity contribution is 5.89. The number of anilines is 3. The van der Waals surface area contributed by atoms with E-state index in [1.807, 2.05) is 26.0 Å². The standard InChI is InChI=1S/C16H18FN3O/c1-11(2)18-16(21)20-15-9-7-14(8-10-15)19-13-5-3-12(17)4-6-13/h3-11,19H,1-2H3,(H2,18,20,21). The van der Waals surface area contributed by atoms with Crippen molar-refractivity contribution in [2.24, 2.45) is 0 Å². The highest BCUT2D eigenvalue weighted by Gasteiger charge is 2.03. The van der Waals surface area contributed by atoms with Crippen LogP contribution in [0.25, 0.3) is 0 Å². The number of halogens is 1. The first-order valence-electron chi connectivity index (χ1n) is 6.73. The molecule has 0 heterocycles. The van der Waals surface area contributed by atoms with E-state index in [1.165, 1.54) is 12.1 Å². The quantitative estimate of drug-likeness (QED) is 0.793. The van der Waals surface area contributed by atoms with Crippen molar-refractivity contribution in [1.82, 2.24) is 5.32 Å². The SMILES string of the molecule is CC(C)NC(=O)Nc1ccc(Nc2ccc(F)cc2)cc1. The van der Waals surface area contributed by atoms with E-state index in [-0.39, 0.29) is 17.9 Å². The maximum atomic E-state index is 12.8. The first kappa shape index (κ1) is 14.8. The second-order valence-corrected chi connectivity index (χ2v) is 4.96. The molecule has 2 aromatic carbocycles. The van der Waals surface area contributed by atoms with Gasteiger partial charge in [0.1, 0.15) is 5.82 Å². The van der Waals surface area contributed by atoms with Gasteiger partial charge in [-0.15, -0.1) is 0 Å². The van der Waals surface area contributed by atoms with Gasteiger partial charge in [0, 0.05) is 23.1 Å². The number of urea groups is 1. The fourth-order valence-electron chi connectivity index (χ4n) is 1.77. The Morgan fingerprint density at radius 2 is 1.38 bits per heavy atom. The molecule has 0 aliphatic rings. The first-order chi connectivity index (χ1) is 10.0. The second-order valence-electron chi connectivity index (χ2n) is 4.96. The zero-order chi connectivity index (χ0) is 15.2. The fourth-order valence-corrected chi connectivity index (χ4v) is 1.77. The maximum Gasteiger partial charge on any atom is 0.319 e. The van der Waals surface area contributed by atoms with Gasteiger partial charge < -0.3 is 16.0 Å². The summed E-state index contributed by atoms with van der Waals surface area (Å²) in [6, 6.07) is 13.3. The number of carbonyl (C=O) groups excluding carboxylic acids is 1. The van der Waals surface area contributed by atoms with Crippen LogP contribution in [0, 0.1) is 5.82 Å². The number of benzene rings is 2. The van der Waals surface area contributed by atoms with Gasteiger partial charge in [-0.25, -0.2) is 9.18 Å². The third-order valence-electron chi connectivity index (χ3n) is 2.70. The molecule has 0 spiro atoms. The van der Waals surface area contributed by atoms with E-state index in [1.54, 1.807) is 24.3 Å². The first-order valence-corrected chi connectivity index (χ1v) is 6.73. The Bertz CT molecular complexity index is 594. The van der Waals surface area contributed by atoms with E-state index in [2.05, 4.69) is 16.0 Å². The van der Waals surface area contributed by atoms with Crippen LogP contribution < -0.4 is 16.0 Å². The number of amides is 2. The number of hydrogen-bond acceptors (Lipinski definition) is 2. The van der Waals surface area contributed by atoms with Gasteiger partial charge in [0.05, 0.1) is 0 Å². The zero-order valence-electron chi connectivity index (χ0n) is 12.0. The Labute approximate surface area is 123 Å². The van der Waals surface area contributed by atoms with Crippen molar-refractivity contribution in [3.63, 3.8) is 0 Å². The summed E-state index contributed by atoms with van der Waals surface area (Å²) >= 11 is 0. The van der Waals surface area contributed by atoms with Gasteiger partial charge in [-0.2, -0.15) is 0 Å². The van der Waals surface area contributed by atoms with Gasteiger partial charge in [0.2, 0.25) is 0 Å². The molecule has 0 radical (unpaired) electrons. The molecule has 0 aliphatic heterocycles. The van der Waals surface area contributed by atoms with Gasteiger partial charge in [0.15, 0.2) is 0 Å². The summed E-state index contributed by atoms with van der Waals surface area (Å²) in [5, 5.41) is 8.64. The lowest BCUT2D eigenvalue weighted by Crippen LogP contribution is -2.34. The molecule has 2 aromatic rings. The van der Waals surface area contributed by atoms with Crippen molar-refractivity contribution in [3.8, 4) is 0 Å². The van der Waals surface area contributed by atoms with E-state index in [9.17, 15) is 9.18 Å². The molecule has 0 saturated heterocycles. The molecule has 2 rings (SSSR count). The topological polar surface area (TPSA) is 53.2 Å². The third-order valence-corrected chi connectivity index (χ3v) is 2.70. The Kier molecular flexibility index (Phi) is 4.77. The highest BCUT2D eigenvalue weighted by Crippen LogP contribution is 2.19. The summed E-state index contributed by atoms with van der Waals surface area (Å²) in [5.74, 6) is -0.267. The number of rotatable bonds is 4. The molecule has 0 saturated carbocycles. The van der Waals surface area contributed by atoms with Crippen LogP contribution in [0.5, 0.6) is 0 Å². The highest BCUT2D eigenvalue weighted by atomic mass is 19.1. The molecule has 0 atom stereocenters. The van der Waals surface area contributed by atoms with Crippen molar-refractivity contribution in [3.05, 3.63) is 54.3 Å². The van der Waals surface area contributed by atoms with Crippen molar-refractivity contribution in [2.45, 2.75) is 19.9 Å². The van der Waals surface area contributed by atoms with Crippen molar-refractivity contribution >= 4 is 23.1 Å². The lowest BCUT2D eigenvalue weighted by atomic mass is 10.2. The van der Waals surface area contributed by atoms with Crippen molar-refractivity contribution in [2.75, 3.05) is 10.6 Å². The average molecular weight is 287 g/mol. The Morgan fingerprint density at radius 1 is 0.905 bits per heavy atom. The Balaban J connectivity index is 1.95. The molecular weight excluding hydrogens is 269 g/mol. The molecule has 0 fully saturated rings. The van der Waals surface area contributed by atoms with Gasteiger partial charge in [-0.3, -0.25) is 0 Å². The molecule has 110 valence electrons. The molecule has 2 amide bonds. The molecule has 0 bridgehead atoms. The largest absolute Gasteiger partial charge is 0.356 e. The molecule has 21 heavy (non-hydrogen) atoms. The molecule has 0 aliphatic carbocycles. The van der Waals surface area contributed by atoms with Crippen molar-refractivity contribution in [1.29, 1.82) is 0 Å². The van der Waals surface area contributed by atoms with Crippen LogP contribution in [0.15, 0.2) is 48.5 Å². The predicted octanol–water partition coefficient (Wildman–Crippen LogP) is 4.10. The predicted molar refractivity (Wildman–Crippen MR) is 83.4 cm³/mol. The maximum absolute atomic E-state index is 12.8. The van der Waals surface area contributed by atoms with Crippen LogP contribution >= 0.6 is 0 Å². The smallest absolute Gasteiger partial charge is 0.319 e. The molecule has 3 N–H and O–H groups in total. The van der Waals surface area contributed by atoms with Gasteiger partial charge in [-0.1, -0.05) is 0 Å². The Morgan fingerprint density at radius 3 is 1.90 bits per heavy atom. The van der Waals surface area contributed by atoms with Crippen molar-refractivity contribution < 1.29 is 9.18 Å². The van der Waals surface area contributed by atoms with Gasteiger partial charge in [0.25, 0.3) is 0 Å². The summed E-state index contributed by atoms with van der Waals surface area (Å²) in [5.41, 5.74) is 2.36. The normalized spacial score (nSPS) is 10.3. The Hall–Kier alpha value is -2.56. The van der Waals surface area contributed by atoms with E-state index < -0.39 is 0 Å². The minimum absolute atomic E-state index is 0.0874. The van der Waals surface area contributed by atoms with E-state index in [4.69, 9.17) is 0 Å². The summed E-state index contributed by atoms with van der Waals surface area (Å²) in [6.07, 6.45) is 0. The van der Waals surface area contributed by atoms with Crippen LogP contribution in [0.3, 0.4) is 0 Å². The molecular formula is C16H18FN3O. The zero-order valence-corrected chi connectivity index (χ0v) is 12.0. The molecule has 0 aromatic heterocycles. The summed E-state index contributed by atoms with van der Waals surface area (Å²) in [4.78, 5) is 11.6. The van der Waals surface area contributed by atoms with E-state index in [0.29, 0.717) is 5.69 Å². The number of carbonyl (C=O) groups is 1. The average Bonchev–Trinajstić information content (AvgIpc) is 2.42. The second kappa shape index (κ2) is 6.74. The summed E-state index contributed by atoms with van der Waals surface area (Å²) in [6.45, 7) is 3.80. The van der Waals surface area contributed by atoms with Crippen LogP contribution in [-0.2, 0) is 0 Å². The lowest BCUT2D eigenvalue weighted by Gasteiger charge is -2.11. The molecule has 5 heteroatoms.